The molecule has 14 heteroatoms. The van der Waals surface area contributed by atoms with Crippen molar-refractivity contribution < 1.29 is 64.6 Å². The van der Waals surface area contributed by atoms with Crippen LogP contribution in [0.2, 0.25) is 0 Å². The molecule has 2 fully saturated rings. The third-order valence-corrected chi connectivity index (χ3v) is 16.6. The minimum absolute atomic E-state index is 0.248. The Kier molecular flexibility index (Phi) is 48.8. The highest BCUT2D eigenvalue weighted by Gasteiger charge is 2.51. The zero-order valence-corrected chi connectivity index (χ0v) is 51.5. The fraction of sp³-hybridized carbons (Fsp3) is 0.896. The van der Waals surface area contributed by atoms with Gasteiger partial charge in [-0.1, -0.05) is 275 Å². The summed E-state index contributed by atoms with van der Waals surface area (Å²) < 4.78 is 22.8. The number of carbonyl (C=O) groups is 1. The first kappa shape index (κ1) is 75.3. The van der Waals surface area contributed by atoms with Crippen molar-refractivity contribution in [3.05, 3.63) is 36.5 Å². The van der Waals surface area contributed by atoms with Gasteiger partial charge in [0.2, 0.25) is 5.91 Å². The Hall–Kier alpha value is -1.79. The van der Waals surface area contributed by atoms with E-state index in [0.29, 0.717) is 12.8 Å². The van der Waals surface area contributed by atoms with Gasteiger partial charge in [-0.3, -0.25) is 4.79 Å². The van der Waals surface area contributed by atoms with Crippen molar-refractivity contribution in [3.8, 4) is 0 Å². The maximum Gasteiger partial charge on any atom is 0.220 e. The summed E-state index contributed by atoms with van der Waals surface area (Å²) in [4.78, 5) is 13.3. The number of allylic oxidation sites excluding steroid dienone is 5. The first-order valence-corrected chi connectivity index (χ1v) is 33.7. The van der Waals surface area contributed by atoms with Crippen LogP contribution in [0.15, 0.2) is 36.5 Å². The second kappa shape index (κ2) is 52.5. The first-order valence-electron chi connectivity index (χ1n) is 33.7. The van der Waals surface area contributed by atoms with Crippen LogP contribution >= 0.6 is 0 Å². The molecule has 2 heterocycles. The second-order valence-electron chi connectivity index (χ2n) is 23.9. The van der Waals surface area contributed by atoms with Crippen LogP contribution < -0.4 is 5.32 Å². The number of rotatable bonds is 55. The highest BCUT2D eigenvalue weighted by Crippen LogP contribution is 2.30. The lowest BCUT2D eigenvalue weighted by Gasteiger charge is -2.46. The molecular formula is C67H125NO13. The largest absolute Gasteiger partial charge is 0.394 e. The SMILES string of the molecule is CCCCCCCCCCCCCCCCC/C=C/CC/C=C/CC/C=C/C(O)C(COC1OC(CO)C(OC2OC(CO)C(O)C(O)C2O)C(O)C1O)NC(=O)CCCCCCCCCCCCCCCCCCCCCCCC. The van der Waals surface area contributed by atoms with Gasteiger partial charge in [-0.25, -0.2) is 0 Å². The van der Waals surface area contributed by atoms with E-state index in [1.807, 2.05) is 6.08 Å². The van der Waals surface area contributed by atoms with Crippen molar-refractivity contribution in [1.29, 1.82) is 0 Å². The first-order chi connectivity index (χ1) is 39.6. The van der Waals surface area contributed by atoms with Crippen molar-refractivity contribution in [2.24, 2.45) is 0 Å². The van der Waals surface area contributed by atoms with Crippen LogP contribution in [0.1, 0.15) is 290 Å². The molecule has 0 aromatic carbocycles. The zero-order valence-electron chi connectivity index (χ0n) is 51.5. The predicted octanol–water partition coefficient (Wildman–Crippen LogP) is 13.0. The second-order valence-corrected chi connectivity index (χ2v) is 23.9. The lowest BCUT2D eigenvalue weighted by Crippen LogP contribution is -2.65. The van der Waals surface area contributed by atoms with E-state index in [1.54, 1.807) is 6.08 Å². The number of hydrogen-bond donors (Lipinski definition) is 9. The molecule has 0 bridgehead atoms. The van der Waals surface area contributed by atoms with Crippen molar-refractivity contribution in [2.45, 2.75) is 364 Å². The number of hydrogen-bond acceptors (Lipinski definition) is 13. The van der Waals surface area contributed by atoms with Gasteiger partial charge in [0.25, 0.3) is 0 Å². The Balaban J connectivity index is 1.73. The van der Waals surface area contributed by atoms with Crippen LogP contribution in [0, 0.1) is 0 Å². The lowest BCUT2D eigenvalue weighted by molar-refractivity contribution is -0.359. The fourth-order valence-electron chi connectivity index (χ4n) is 11.2. The number of carbonyl (C=O) groups excluding carboxylic acids is 1. The van der Waals surface area contributed by atoms with Gasteiger partial charge < -0.3 is 65.1 Å². The number of ether oxygens (including phenoxy) is 4. The normalized spacial score (nSPS) is 24.3. The monoisotopic (exact) mass is 1150 g/mol. The van der Waals surface area contributed by atoms with E-state index in [2.05, 4.69) is 43.5 Å². The molecule has 0 aromatic heterocycles. The molecule has 2 aliphatic rings. The molecule has 81 heavy (non-hydrogen) atoms. The summed E-state index contributed by atoms with van der Waals surface area (Å²) in [6.45, 7) is 2.82. The summed E-state index contributed by atoms with van der Waals surface area (Å²) in [6.07, 6.45) is 49.1. The van der Waals surface area contributed by atoms with Crippen LogP contribution in [0.4, 0.5) is 0 Å². The van der Waals surface area contributed by atoms with E-state index in [-0.39, 0.29) is 18.9 Å². The molecule has 0 radical (unpaired) electrons. The molecular weight excluding hydrogens is 1030 g/mol. The summed E-state index contributed by atoms with van der Waals surface area (Å²) in [5.41, 5.74) is 0. The summed E-state index contributed by atoms with van der Waals surface area (Å²) in [5, 5.41) is 87.3. The summed E-state index contributed by atoms with van der Waals surface area (Å²) in [5.74, 6) is -0.248. The van der Waals surface area contributed by atoms with Crippen LogP contribution in [0.3, 0.4) is 0 Å². The maximum atomic E-state index is 13.3. The molecule has 2 aliphatic heterocycles. The average molecular weight is 1150 g/mol. The summed E-state index contributed by atoms with van der Waals surface area (Å²) in [7, 11) is 0. The Morgan fingerprint density at radius 2 is 0.790 bits per heavy atom. The topological polar surface area (TPSA) is 228 Å². The molecule has 12 atom stereocenters. The Morgan fingerprint density at radius 1 is 0.432 bits per heavy atom. The molecule has 0 saturated carbocycles. The van der Waals surface area contributed by atoms with Gasteiger partial charge in [0.15, 0.2) is 12.6 Å². The minimum atomic E-state index is -1.79. The van der Waals surface area contributed by atoms with E-state index in [1.165, 1.54) is 212 Å². The van der Waals surface area contributed by atoms with Crippen molar-refractivity contribution in [3.63, 3.8) is 0 Å². The number of amides is 1. The van der Waals surface area contributed by atoms with Gasteiger partial charge in [0, 0.05) is 6.42 Å². The molecule has 476 valence electrons. The maximum absolute atomic E-state index is 13.3. The number of aliphatic hydroxyl groups is 8. The third-order valence-electron chi connectivity index (χ3n) is 16.6. The van der Waals surface area contributed by atoms with Gasteiger partial charge in [0.1, 0.15) is 48.8 Å². The predicted molar refractivity (Wildman–Crippen MR) is 328 cm³/mol. The average Bonchev–Trinajstić information content (AvgIpc) is 3.63. The molecule has 1 amide bonds. The van der Waals surface area contributed by atoms with E-state index in [0.717, 1.165) is 44.9 Å². The van der Waals surface area contributed by atoms with Gasteiger partial charge in [-0.05, 0) is 44.9 Å². The highest BCUT2D eigenvalue weighted by molar-refractivity contribution is 5.76. The van der Waals surface area contributed by atoms with Gasteiger partial charge in [-0.15, -0.1) is 0 Å². The van der Waals surface area contributed by atoms with Crippen LogP contribution in [-0.4, -0.2) is 140 Å². The van der Waals surface area contributed by atoms with E-state index in [9.17, 15) is 45.6 Å². The molecule has 2 saturated heterocycles. The Morgan fingerprint density at radius 3 is 1.21 bits per heavy atom. The van der Waals surface area contributed by atoms with E-state index in [4.69, 9.17) is 18.9 Å². The molecule has 0 aromatic rings. The van der Waals surface area contributed by atoms with E-state index >= 15 is 0 Å². The number of aliphatic hydroxyl groups excluding tert-OH is 8. The molecule has 9 N–H and O–H groups in total. The Labute approximate surface area is 493 Å². The molecule has 0 spiro atoms. The third kappa shape index (κ3) is 37.4. The molecule has 12 unspecified atom stereocenters. The van der Waals surface area contributed by atoms with Gasteiger partial charge in [0.05, 0.1) is 32.0 Å². The summed E-state index contributed by atoms with van der Waals surface area (Å²) >= 11 is 0. The van der Waals surface area contributed by atoms with Crippen LogP contribution in [0.25, 0.3) is 0 Å². The smallest absolute Gasteiger partial charge is 0.220 e. The van der Waals surface area contributed by atoms with Crippen molar-refractivity contribution >= 4 is 5.91 Å². The molecule has 0 aliphatic carbocycles. The fourth-order valence-corrected chi connectivity index (χ4v) is 11.2. The highest BCUT2D eigenvalue weighted by atomic mass is 16.7. The van der Waals surface area contributed by atoms with Gasteiger partial charge >= 0.3 is 0 Å². The van der Waals surface area contributed by atoms with Crippen LogP contribution in [0.5, 0.6) is 0 Å². The number of unbranched alkanes of at least 4 members (excludes halogenated alkanes) is 38. The van der Waals surface area contributed by atoms with E-state index < -0.39 is 86.8 Å². The molecule has 14 nitrogen and oxygen atoms in total. The lowest BCUT2D eigenvalue weighted by atomic mass is 9.97. The summed E-state index contributed by atoms with van der Waals surface area (Å²) in [6, 6.07) is -0.936. The van der Waals surface area contributed by atoms with Gasteiger partial charge in [-0.2, -0.15) is 0 Å². The number of nitrogens with one attached hydrogen (secondary N) is 1. The van der Waals surface area contributed by atoms with Crippen molar-refractivity contribution in [2.75, 3.05) is 19.8 Å². The minimum Gasteiger partial charge on any atom is -0.394 e. The van der Waals surface area contributed by atoms with Crippen molar-refractivity contribution in [1.82, 2.24) is 5.32 Å². The zero-order chi connectivity index (χ0) is 58.8. The molecule has 2 rings (SSSR count). The quantitative estimate of drug-likeness (QED) is 0.0204. The van der Waals surface area contributed by atoms with Crippen LogP contribution in [-0.2, 0) is 23.7 Å². The Bertz CT molecular complexity index is 1500. The standard InChI is InChI=1S/C67H125NO13/c1-3-5-7-9-11-13-15-17-19-21-23-25-27-28-29-30-32-34-36-38-40-42-44-46-48-50-56(71)55(54-78-66-64(77)62(75)65(58(53-70)80-66)81-67-63(76)61(74)60(73)57(52-69)79-67)68-59(72)51-49-47-45-43-41-39-37-35-33-31-26-24-22-20-18-16-14-12-10-8-6-4-2/h32,34,40,42,48,50,55-58,60-67,69-71,73-77H,3-31,33,35-39,41,43-47,49,51-54H2,1-2H3,(H,68,72)/b34-32+,42-40+,50-48+.